The van der Waals surface area contributed by atoms with E-state index in [9.17, 15) is 13.2 Å². The number of furan rings is 1. The number of hydrogen-bond donors (Lipinski definition) is 0. The first kappa shape index (κ1) is 26.8. The van der Waals surface area contributed by atoms with Crippen LogP contribution < -0.4 is 0 Å². The van der Waals surface area contributed by atoms with Gasteiger partial charge in [-0.25, -0.2) is 13.1 Å². The van der Waals surface area contributed by atoms with Crippen molar-refractivity contribution in [2.24, 2.45) is 5.92 Å². The summed E-state index contributed by atoms with van der Waals surface area (Å²) in [7, 11) is -3.69. The summed E-state index contributed by atoms with van der Waals surface area (Å²) in [6, 6.07) is 14.5. The molecule has 4 heterocycles. The zero-order chi connectivity index (χ0) is 27.4. The first-order valence-electron chi connectivity index (χ1n) is 13.0. The topological polar surface area (TPSA) is 114 Å². The van der Waals surface area contributed by atoms with E-state index in [1.165, 1.54) is 4.31 Å². The van der Waals surface area contributed by atoms with Crippen LogP contribution in [0.4, 0.5) is 0 Å². The summed E-state index contributed by atoms with van der Waals surface area (Å²) >= 11 is 0. The van der Waals surface area contributed by atoms with E-state index in [-0.39, 0.29) is 37.2 Å². The van der Waals surface area contributed by atoms with Crippen molar-refractivity contribution in [2.45, 2.75) is 45.9 Å². The quantitative estimate of drug-likeness (QED) is 0.314. The van der Waals surface area contributed by atoms with E-state index in [0.29, 0.717) is 18.7 Å². The van der Waals surface area contributed by atoms with E-state index in [4.69, 9.17) is 4.42 Å². The average molecular weight is 549 g/mol. The molecule has 1 aromatic carbocycles. The molecule has 1 aliphatic heterocycles. The van der Waals surface area contributed by atoms with Crippen molar-refractivity contribution in [3.63, 3.8) is 0 Å². The van der Waals surface area contributed by atoms with Gasteiger partial charge in [0.05, 0.1) is 24.8 Å². The van der Waals surface area contributed by atoms with E-state index >= 15 is 0 Å². The molecule has 5 rings (SSSR count). The molecule has 1 saturated heterocycles. The highest BCUT2D eigenvalue weighted by molar-refractivity contribution is 7.89. The molecule has 0 bridgehead atoms. The van der Waals surface area contributed by atoms with Crippen LogP contribution in [0, 0.1) is 5.92 Å². The third-order valence-electron chi connectivity index (χ3n) is 6.76. The minimum absolute atomic E-state index is 0.0955. The van der Waals surface area contributed by atoms with Gasteiger partial charge in [-0.2, -0.15) is 4.31 Å². The minimum Gasteiger partial charge on any atom is -0.467 e. The fraction of sp³-hybridized carbons (Fsp3) is 0.357. The van der Waals surface area contributed by atoms with E-state index < -0.39 is 16.1 Å². The predicted octanol–water partition coefficient (Wildman–Crippen LogP) is 3.57. The SMILES string of the molecule is CC(C)CC1C(=O)N(Cc2cn(Cc3ccco3)nn2)CCS(=O)(=O)N1Cc1ccc(-c2ccncc2)cc1. The van der Waals surface area contributed by atoms with Crippen molar-refractivity contribution in [2.75, 3.05) is 12.3 Å². The molecule has 4 aromatic rings. The van der Waals surface area contributed by atoms with Gasteiger partial charge in [0.25, 0.3) is 0 Å². The van der Waals surface area contributed by atoms with Gasteiger partial charge in [0.1, 0.15) is 24.0 Å². The van der Waals surface area contributed by atoms with Crippen LogP contribution in [-0.2, 0) is 34.5 Å². The third kappa shape index (κ3) is 6.43. The maximum Gasteiger partial charge on any atom is 0.241 e. The number of nitrogens with zero attached hydrogens (tertiary/aromatic N) is 6. The molecule has 0 radical (unpaired) electrons. The number of hydrogen-bond acceptors (Lipinski definition) is 7. The van der Waals surface area contributed by atoms with Crippen LogP contribution >= 0.6 is 0 Å². The number of amides is 1. The molecule has 11 heteroatoms. The fourth-order valence-electron chi connectivity index (χ4n) is 4.78. The van der Waals surface area contributed by atoms with Crippen LogP contribution in [0.5, 0.6) is 0 Å². The number of sulfonamides is 1. The van der Waals surface area contributed by atoms with Gasteiger partial charge in [-0.1, -0.05) is 43.3 Å². The second kappa shape index (κ2) is 11.5. The minimum atomic E-state index is -3.69. The molecule has 1 atom stereocenters. The smallest absolute Gasteiger partial charge is 0.241 e. The summed E-state index contributed by atoms with van der Waals surface area (Å²) in [6.07, 6.45) is 7.25. The largest absolute Gasteiger partial charge is 0.467 e. The Balaban J connectivity index is 1.35. The zero-order valence-electron chi connectivity index (χ0n) is 22.1. The number of rotatable bonds is 9. The second-order valence-electron chi connectivity index (χ2n) is 10.2. The molecular formula is C28H32N6O4S. The molecule has 0 saturated carbocycles. The van der Waals surface area contributed by atoms with Crippen LogP contribution in [0.2, 0.25) is 0 Å². The number of aromatic nitrogens is 4. The lowest BCUT2D eigenvalue weighted by Crippen LogP contribution is -2.47. The van der Waals surface area contributed by atoms with Gasteiger partial charge in [-0.15, -0.1) is 5.10 Å². The van der Waals surface area contributed by atoms with Gasteiger partial charge >= 0.3 is 0 Å². The Morgan fingerprint density at radius 2 is 1.74 bits per heavy atom. The van der Waals surface area contributed by atoms with Crippen LogP contribution in [0.1, 0.15) is 37.3 Å². The van der Waals surface area contributed by atoms with Gasteiger partial charge in [0, 0.05) is 25.5 Å². The molecule has 3 aromatic heterocycles. The lowest BCUT2D eigenvalue weighted by Gasteiger charge is -2.30. The average Bonchev–Trinajstić information content (AvgIpc) is 3.59. The third-order valence-corrected chi connectivity index (χ3v) is 8.56. The molecule has 1 amide bonds. The standard InChI is InChI=1S/C28H32N6O4S/c1-21(2)16-27-28(35)32(18-25-19-33(31-30-25)20-26-4-3-14-38-26)13-15-39(36,37)34(27)17-22-5-7-23(8-6-22)24-9-11-29-12-10-24/h3-12,14,19,21,27H,13,15-18,20H2,1-2H3. The molecule has 0 spiro atoms. The zero-order valence-corrected chi connectivity index (χ0v) is 22.9. The summed E-state index contributed by atoms with van der Waals surface area (Å²) < 4.78 is 35.4. The predicted molar refractivity (Wildman–Crippen MR) is 145 cm³/mol. The molecule has 10 nitrogen and oxygen atoms in total. The van der Waals surface area contributed by atoms with Gasteiger partial charge < -0.3 is 9.32 Å². The molecule has 1 aliphatic rings. The Hall–Kier alpha value is -3.83. The Bertz CT molecular complexity index is 1480. The molecular weight excluding hydrogens is 516 g/mol. The first-order valence-corrected chi connectivity index (χ1v) is 14.6. The molecule has 1 unspecified atom stereocenters. The highest BCUT2D eigenvalue weighted by Gasteiger charge is 2.41. The number of carbonyl (C=O) groups is 1. The Morgan fingerprint density at radius 1 is 1.00 bits per heavy atom. The van der Waals surface area contributed by atoms with E-state index in [0.717, 1.165) is 22.5 Å². The molecule has 1 fully saturated rings. The van der Waals surface area contributed by atoms with Gasteiger partial charge in [0.15, 0.2) is 0 Å². The van der Waals surface area contributed by atoms with Gasteiger partial charge in [-0.3, -0.25) is 9.78 Å². The fourth-order valence-corrected chi connectivity index (χ4v) is 6.38. The van der Waals surface area contributed by atoms with Gasteiger partial charge in [0.2, 0.25) is 15.9 Å². The highest BCUT2D eigenvalue weighted by Crippen LogP contribution is 2.26. The van der Waals surface area contributed by atoms with Crippen LogP contribution in [-0.4, -0.2) is 61.8 Å². The summed E-state index contributed by atoms with van der Waals surface area (Å²) in [5.41, 5.74) is 3.47. The highest BCUT2D eigenvalue weighted by atomic mass is 32.2. The van der Waals surface area contributed by atoms with Crippen molar-refractivity contribution < 1.29 is 17.6 Å². The molecule has 204 valence electrons. The van der Waals surface area contributed by atoms with Crippen molar-refractivity contribution in [3.05, 3.63) is 90.4 Å². The number of benzene rings is 1. The van der Waals surface area contributed by atoms with Gasteiger partial charge in [-0.05, 0) is 53.3 Å². The molecule has 0 N–H and O–H groups in total. The van der Waals surface area contributed by atoms with Crippen molar-refractivity contribution >= 4 is 15.9 Å². The summed E-state index contributed by atoms with van der Waals surface area (Å²) in [4.78, 5) is 19.5. The monoisotopic (exact) mass is 548 g/mol. The summed E-state index contributed by atoms with van der Waals surface area (Å²) in [5, 5.41) is 8.35. The lowest BCUT2D eigenvalue weighted by molar-refractivity contribution is -0.136. The van der Waals surface area contributed by atoms with Crippen molar-refractivity contribution in [1.29, 1.82) is 0 Å². The second-order valence-corrected chi connectivity index (χ2v) is 12.2. The summed E-state index contributed by atoms with van der Waals surface area (Å²) in [5.74, 6) is 0.506. The van der Waals surface area contributed by atoms with Crippen molar-refractivity contribution in [1.82, 2.24) is 29.2 Å². The molecule has 39 heavy (non-hydrogen) atoms. The van der Waals surface area contributed by atoms with Crippen LogP contribution in [0.25, 0.3) is 11.1 Å². The number of carbonyl (C=O) groups excluding carboxylic acids is 1. The van der Waals surface area contributed by atoms with E-state index in [1.807, 2.05) is 56.3 Å². The molecule has 0 aliphatic carbocycles. The summed E-state index contributed by atoms with van der Waals surface area (Å²) in [6.45, 7) is 4.84. The van der Waals surface area contributed by atoms with Crippen molar-refractivity contribution in [3.8, 4) is 11.1 Å². The van der Waals surface area contributed by atoms with E-state index in [2.05, 4.69) is 15.3 Å². The lowest BCUT2D eigenvalue weighted by atomic mass is 10.0. The normalized spacial score (nSPS) is 18.0. The first-order chi connectivity index (χ1) is 18.8. The Labute approximate surface area is 228 Å². The maximum atomic E-state index is 13.8. The van der Waals surface area contributed by atoms with Crippen LogP contribution in [0.3, 0.4) is 0 Å². The van der Waals surface area contributed by atoms with Crippen LogP contribution in [0.15, 0.2) is 77.8 Å². The Kier molecular flexibility index (Phi) is 7.89. The Morgan fingerprint density at radius 3 is 2.44 bits per heavy atom. The maximum absolute atomic E-state index is 13.8. The van der Waals surface area contributed by atoms with E-state index in [1.54, 1.807) is 40.5 Å². The number of pyridine rings is 1.